The minimum atomic E-state index is -2.88. The van der Waals surface area contributed by atoms with Gasteiger partial charge in [-0.15, -0.1) is 11.6 Å². The van der Waals surface area contributed by atoms with Gasteiger partial charge in [0.2, 0.25) is 0 Å². The fourth-order valence-corrected chi connectivity index (χ4v) is 6.30. The summed E-state index contributed by atoms with van der Waals surface area (Å²) in [5, 5.41) is 13.6. The number of rotatable bonds is 14. The lowest BCUT2D eigenvalue weighted by Gasteiger charge is -2.36. The van der Waals surface area contributed by atoms with Crippen molar-refractivity contribution in [1.82, 2.24) is 20.1 Å². The predicted molar refractivity (Wildman–Crippen MR) is 169 cm³/mol. The zero-order valence-electron chi connectivity index (χ0n) is 24.9. The molecule has 2 fully saturated rings. The average molecular weight is 596 g/mol. The van der Waals surface area contributed by atoms with Gasteiger partial charge in [0.1, 0.15) is 6.04 Å². The first-order chi connectivity index (χ1) is 20.1. The number of benzene rings is 1. The minimum absolute atomic E-state index is 0.0502. The van der Waals surface area contributed by atoms with Crippen LogP contribution in [0, 0.1) is 17.2 Å². The van der Waals surface area contributed by atoms with Gasteiger partial charge in [0.05, 0.1) is 30.1 Å². The molecule has 42 heavy (non-hydrogen) atoms. The van der Waals surface area contributed by atoms with Crippen molar-refractivity contribution < 1.29 is 8.78 Å². The van der Waals surface area contributed by atoms with Crippen LogP contribution in [-0.4, -0.2) is 58.3 Å². The molecule has 2 saturated heterocycles. The van der Waals surface area contributed by atoms with E-state index in [4.69, 9.17) is 11.6 Å². The number of fused-ring (bicyclic) bond motifs is 1. The largest absolute Gasteiger partial charge is 0.379 e. The molecule has 1 aromatic heterocycles. The van der Waals surface area contributed by atoms with Crippen LogP contribution in [0.4, 0.5) is 8.78 Å². The highest BCUT2D eigenvalue weighted by molar-refractivity contribution is 6.22. The molecule has 2 atom stereocenters. The zero-order chi connectivity index (χ0) is 30.3. The molecule has 0 saturated carbocycles. The number of pyridine rings is 1. The molecule has 0 bridgehead atoms. The van der Waals surface area contributed by atoms with Crippen LogP contribution in [0.1, 0.15) is 69.4 Å². The summed E-state index contributed by atoms with van der Waals surface area (Å²) >= 11 is 6.39. The third-order valence-corrected chi connectivity index (χ3v) is 9.34. The summed E-state index contributed by atoms with van der Waals surface area (Å²) in [6.45, 7) is 16.4. The number of nitrogens with one attached hydrogen (secondary N) is 1. The second-order valence-corrected chi connectivity index (χ2v) is 12.4. The van der Waals surface area contributed by atoms with Crippen molar-refractivity contribution in [3.63, 3.8) is 0 Å². The van der Waals surface area contributed by atoms with Gasteiger partial charge >= 0.3 is 0 Å². The third kappa shape index (κ3) is 8.04. The molecule has 0 spiro atoms. The van der Waals surface area contributed by atoms with Gasteiger partial charge in [0.25, 0.3) is 5.92 Å². The number of aromatic nitrogens is 1. The molecule has 8 heteroatoms. The Balaban J connectivity index is 1.24. The normalized spacial score (nSPS) is 19.5. The average Bonchev–Trinajstić information content (AvgIpc) is 3.33. The van der Waals surface area contributed by atoms with Crippen LogP contribution < -0.4 is 5.32 Å². The maximum absolute atomic E-state index is 13.9. The van der Waals surface area contributed by atoms with E-state index in [0.29, 0.717) is 11.4 Å². The Kier molecular flexibility index (Phi) is 10.9. The molecule has 5 nitrogen and oxygen atoms in total. The highest BCUT2D eigenvalue weighted by Crippen LogP contribution is 2.34. The molecule has 0 amide bonds. The molecule has 226 valence electrons. The zero-order valence-corrected chi connectivity index (χ0v) is 25.6. The number of piperidine rings is 1. The number of nitriles is 1. The molecule has 4 rings (SSSR count). The minimum Gasteiger partial charge on any atom is -0.379 e. The van der Waals surface area contributed by atoms with Crippen LogP contribution in [0.2, 0.25) is 0 Å². The van der Waals surface area contributed by atoms with Gasteiger partial charge in [0, 0.05) is 53.7 Å². The Hall–Kier alpha value is -3.11. The van der Waals surface area contributed by atoms with Crippen molar-refractivity contribution in [3.05, 3.63) is 72.7 Å². The van der Waals surface area contributed by atoms with Gasteiger partial charge in [-0.05, 0) is 61.8 Å². The number of nitrogens with zero attached hydrogens (tertiary/aromatic N) is 4. The van der Waals surface area contributed by atoms with Gasteiger partial charge in [0.15, 0.2) is 0 Å². The lowest BCUT2D eigenvalue weighted by atomic mass is 9.90. The van der Waals surface area contributed by atoms with E-state index in [1.807, 2.05) is 12.1 Å². The van der Waals surface area contributed by atoms with Gasteiger partial charge in [-0.1, -0.05) is 52.0 Å². The van der Waals surface area contributed by atoms with Crippen molar-refractivity contribution in [2.24, 2.45) is 5.92 Å². The first-order valence-corrected chi connectivity index (χ1v) is 15.7. The van der Waals surface area contributed by atoms with E-state index in [9.17, 15) is 14.0 Å². The van der Waals surface area contributed by atoms with Crippen LogP contribution >= 0.6 is 11.6 Å². The van der Waals surface area contributed by atoms with Crippen molar-refractivity contribution in [3.8, 4) is 6.07 Å². The highest BCUT2D eigenvalue weighted by Gasteiger charge is 2.45. The third-order valence-electron chi connectivity index (χ3n) is 8.78. The summed E-state index contributed by atoms with van der Waals surface area (Å²) in [6, 6.07) is 9.41. The molecule has 2 unspecified atom stereocenters. The fraction of sp³-hybridized carbons (Fsp3) is 0.529. The molecule has 0 aliphatic carbocycles. The molecule has 2 aromatic rings. The van der Waals surface area contributed by atoms with Crippen LogP contribution in [0.5, 0.6) is 0 Å². The first kappa shape index (κ1) is 31.8. The SMILES string of the molecule is C=C(NCC(=C)N1CC(F)(F)CC1C#N)c1ccnc2ccc(CCCCCC3CCN(C(=C)C(Cl)CC)CC3)cc12. The quantitative estimate of drug-likeness (QED) is 0.178. The number of likely N-dealkylation sites (tertiary alicyclic amines) is 2. The van der Waals surface area contributed by atoms with Crippen molar-refractivity contribution in [2.45, 2.75) is 82.1 Å². The maximum atomic E-state index is 13.9. The fourth-order valence-electron chi connectivity index (χ4n) is 6.16. The van der Waals surface area contributed by atoms with Crippen LogP contribution in [0.15, 0.2) is 61.6 Å². The lowest BCUT2D eigenvalue weighted by molar-refractivity contribution is 0.0147. The summed E-state index contributed by atoms with van der Waals surface area (Å²) in [6.07, 6.45) is 10.5. The Morgan fingerprint density at radius 2 is 1.95 bits per heavy atom. The van der Waals surface area contributed by atoms with E-state index in [1.165, 1.54) is 42.6 Å². The highest BCUT2D eigenvalue weighted by atomic mass is 35.5. The van der Waals surface area contributed by atoms with Gasteiger partial charge in [-0.25, -0.2) is 8.78 Å². The van der Waals surface area contributed by atoms with Crippen molar-refractivity contribution in [1.29, 1.82) is 5.26 Å². The van der Waals surface area contributed by atoms with E-state index in [0.717, 1.165) is 60.4 Å². The van der Waals surface area contributed by atoms with E-state index in [1.54, 1.807) is 6.20 Å². The summed E-state index contributed by atoms with van der Waals surface area (Å²) in [5.74, 6) is -2.09. The Morgan fingerprint density at radius 1 is 1.19 bits per heavy atom. The Labute approximate surface area is 254 Å². The molecular formula is C34H44ClF2N5. The summed E-state index contributed by atoms with van der Waals surface area (Å²) < 4.78 is 27.7. The number of aryl methyl sites for hydroxylation is 1. The molecule has 2 aliphatic rings. The topological polar surface area (TPSA) is 55.2 Å². The Bertz CT molecular complexity index is 1310. The monoisotopic (exact) mass is 595 g/mol. The van der Waals surface area contributed by atoms with E-state index in [-0.39, 0.29) is 11.9 Å². The van der Waals surface area contributed by atoms with Crippen molar-refractivity contribution >= 4 is 28.2 Å². The number of halogens is 3. The van der Waals surface area contributed by atoms with Gasteiger partial charge in [-0.3, -0.25) is 4.98 Å². The second kappa shape index (κ2) is 14.4. The summed E-state index contributed by atoms with van der Waals surface area (Å²) in [7, 11) is 0. The molecule has 0 radical (unpaired) electrons. The number of alkyl halides is 3. The van der Waals surface area contributed by atoms with Crippen LogP contribution in [-0.2, 0) is 6.42 Å². The van der Waals surface area contributed by atoms with Gasteiger partial charge in [-0.2, -0.15) is 5.26 Å². The molecule has 2 aliphatic heterocycles. The van der Waals surface area contributed by atoms with Crippen LogP contribution in [0.3, 0.4) is 0 Å². The lowest BCUT2D eigenvalue weighted by Crippen LogP contribution is -2.35. The molecular weight excluding hydrogens is 552 g/mol. The number of unbranched alkanes of at least 4 members (excludes halogenated alkanes) is 2. The van der Waals surface area contributed by atoms with E-state index in [2.05, 4.69) is 60.1 Å². The Morgan fingerprint density at radius 3 is 2.67 bits per heavy atom. The summed E-state index contributed by atoms with van der Waals surface area (Å²) in [4.78, 5) is 8.29. The predicted octanol–water partition coefficient (Wildman–Crippen LogP) is 7.89. The molecule has 1 aromatic carbocycles. The van der Waals surface area contributed by atoms with Crippen LogP contribution in [0.25, 0.3) is 16.6 Å². The van der Waals surface area contributed by atoms with Crippen molar-refractivity contribution in [2.75, 3.05) is 26.2 Å². The number of allylic oxidation sites excluding steroid dienone is 1. The second-order valence-electron chi connectivity index (χ2n) is 11.8. The maximum Gasteiger partial charge on any atom is 0.268 e. The van der Waals surface area contributed by atoms with Gasteiger partial charge < -0.3 is 15.1 Å². The van der Waals surface area contributed by atoms with E-state index >= 15 is 0 Å². The summed E-state index contributed by atoms with van der Waals surface area (Å²) in [5.41, 5.74) is 5.28. The number of hydrogen-bond donors (Lipinski definition) is 1. The molecule has 3 heterocycles. The van der Waals surface area contributed by atoms with E-state index < -0.39 is 24.9 Å². The standard InChI is InChI=1S/C34H44ClF2N5/c1-5-32(35)26(4)41-17-14-27(15-18-41)9-7-6-8-10-28-11-12-33-31(19-28)30(13-16-39-33)25(3)40-22-24(2)42-23-34(36,37)20-29(42)21-38/h11-13,16,19,27,29,32,40H,2-10,14-15,17-18,20,22-23H2,1H3. The smallest absolute Gasteiger partial charge is 0.268 e. The first-order valence-electron chi connectivity index (χ1n) is 15.2. The number of hydrogen-bond acceptors (Lipinski definition) is 5. The molecule has 1 N–H and O–H groups in total.